The van der Waals surface area contributed by atoms with E-state index in [4.69, 9.17) is 14.2 Å². The molecule has 1 atom stereocenters. The lowest BCUT2D eigenvalue weighted by Gasteiger charge is -2.16. The van der Waals surface area contributed by atoms with Gasteiger partial charge in [-0.05, 0) is 36.8 Å². The number of ether oxygens (including phenoxy) is 3. The van der Waals surface area contributed by atoms with Crippen molar-refractivity contribution in [1.29, 1.82) is 0 Å². The summed E-state index contributed by atoms with van der Waals surface area (Å²) in [6.07, 6.45) is 5.28. The Kier molecular flexibility index (Phi) is 11.3. The number of unbranched alkanes of at least 4 members (excludes halogenated alkanes) is 2. The van der Waals surface area contributed by atoms with Crippen molar-refractivity contribution < 1.29 is 23.8 Å². The van der Waals surface area contributed by atoms with E-state index in [1.807, 2.05) is 13.8 Å². The molecule has 6 nitrogen and oxygen atoms in total. The van der Waals surface area contributed by atoms with Crippen LogP contribution in [0.2, 0.25) is 0 Å². The van der Waals surface area contributed by atoms with Gasteiger partial charge in [0.1, 0.15) is 11.4 Å². The zero-order valence-corrected chi connectivity index (χ0v) is 17.0. The molecule has 1 heterocycles. The molecule has 0 bridgehead atoms. The van der Waals surface area contributed by atoms with E-state index in [0.29, 0.717) is 19.8 Å². The lowest BCUT2D eigenvalue weighted by molar-refractivity contribution is 0.0391. The monoisotopic (exact) mass is 379 g/mol. The van der Waals surface area contributed by atoms with E-state index in [1.165, 1.54) is 12.5 Å². The van der Waals surface area contributed by atoms with Gasteiger partial charge >= 0.3 is 11.9 Å². The molecular formula is C21H33NO5. The highest BCUT2D eigenvalue weighted by atomic mass is 16.5. The van der Waals surface area contributed by atoms with Crippen LogP contribution in [0, 0.1) is 11.8 Å². The Morgan fingerprint density at radius 2 is 1.63 bits per heavy atom. The third kappa shape index (κ3) is 9.52. The van der Waals surface area contributed by atoms with Crippen LogP contribution in [0.5, 0.6) is 0 Å². The SMILES string of the molecule is CCCCCC(CCOC)COC(=O)c1cccc(C(=O)OCC(C)C)n1. The Morgan fingerprint density at radius 1 is 1.00 bits per heavy atom. The summed E-state index contributed by atoms with van der Waals surface area (Å²) in [5.41, 5.74) is 0.233. The first kappa shape index (κ1) is 23.1. The number of carbonyl (C=O) groups is 2. The van der Waals surface area contributed by atoms with E-state index in [-0.39, 0.29) is 23.2 Å². The average molecular weight is 379 g/mol. The third-order valence-electron chi connectivity index (χ3n) is 4.11. The molecule has 0 N–H and O–H groups in total. The molecule has 1 rings (SSSR count). The fourth-order valence-electron chi connectivity index (χ4n) is 2.52. The second-order valence-corrected chi connectivity index (χ2v) is 7.14. The summed E-state index contributed by atoms with van der Waals surface area (Å²) in [5, 5.41) is 0. The Hall–Kier alpha value is -1.95. The molecule has 0 aliphatic heterocycles. The first-order chi connectivity index (χ1) is 13.0. The van der Waals surface area contributed by atoms with Crippen LogP contribution in [0.25, 0.3) is 0 Å². The summed E-state index contributed by atoms with van der Waals surface area (Å²) in [6.45, 7) is 7.35. The molecule has 0 fully saturated rings. The Labute approximate surface area is 162 Å². The molecule has 1 aromatic heterocycles. The van der Waals surface area contributed by atoms with Crippen LogP contribution >= 0.6 is 0 Å². The Balaban J connectivity index is 2.61. The molecule has 1 unspecified atom stereocenters. The van der Waals surface area contributed by atoms with Crippen molar-refractivity contribution >= 4 is 11.9 Å². The number of nitrogens with zero attached hydrogens (tertiary/aromatic N) is 1. The van der Waals surface area contributed by atoms with Crippen molar-refractivity contribution in [2.75, 3.05) is 26.9 Å². The summed E-state index contributed by atoms with van der Waals surface area (Å²) in [4.78, 5) is 28.4. The first-order valence-corrected chi connectivity index (χ1v) is 9.78. The maximum atomic E-state index is 12.3. The molecule has 0 saturated carbocycles. The average Bonchev–Trinajstić information content (AvgIpc) is 2.67. The van der Waals surface area contributed by atoms with Gasteiger partial charge in [0.15, 0.2) is 0 Å². The molecule has 0 aliphatic carbocycles. The van der Waals surface area contributed by atoms with Crippen molar-refractivity contribution in [3.8, 4) is 0 Å². The van der Waals surface area contributed by atoms with Crippen molar-refractivity contribution in [2.24, 2.45) is 11.8 Å². The van der Waals surface area contributed by atoms with Crippen LogP contribution in [-0.4, -0.2) is 43.9 Å². The van der Waals surface area contributed by atoms with Crippen molar-refractivity contribution in [3.05, 3.63) is 29.6 Å². The highest BCUT2D eigenvalue weighted by molar-refractivity contribution is 5.91. The second-order valence-electron chi connectivity index (χ2n) is 7.14. The van der Waals surface area contributed by atoms with E-state index in [0.717, 1.165) is 25.7 Å². The van der Waals surface area contributed by atoms with Gasteiger partial charge in [0, 0.05) is 13.7 Å². The Morgan fingerprint density at radius 3 is 2.19 bits per heavy atom. The van der Waals surface area contributed by atoms with Gasteiger partial charge in [-0.25, -0.2) is 14.6 Å². The summed E-state index contributed by atoms with van der Waals surface area (Å²) >= 11 is 0. The fourth-order valence-corrected chi connectivity index (χ4v) is 2.52. The number of esters is 2. The van der Waals surface area contributed by atoms with Gasteiger partial charge in [0.25, 0.3) is 0 Å². The van der Waals surface area contributed by atoms with Gasteiger partial charge in [-0.2, -0.15) is 0 Å². The van der Waals surface area contributed by atoms with Gasteiger partial charge in [-0.3, -0.25) is 0 Å². The normalized spacial score (nSPS) is 12.0. The van der Waals surface area contributed by atoms with Crippen LogP contribution in [0.15, 0.2) is 18.2 Å². The lowest BCUT2D eigenvalue weighted by Crippen LogP contribution is -2.18. The second kappa shape index (κ2) is 13.3. The molecule has 0 saturated heterocycles. The molecular weight excluding hydrogens is 346 g/mol. The predicted octanol–water partition coefficient (Wildman–Crippen LogP) is 4.28. The van der Waals surface area contributed by atoms with Crippen LogP contribution in [0.3, 0.4) is 0 Å². The van der Waals surface area contributed by atoms with Crippen molar-refractivity contribution in [3.63, 3.8) is 0 Å². The number of hydrogen-bond acceptors (Lipinski definition) is 6. The van der Waals surface area contributed by atoms with Crippen LogP contribution < -0.4 is 0 Å². The number of carbonyl (C=O) groups excluding carboxylic acids is 2. The third-order valence-corrected chi connectivity index (χ3v) is 4.11. The first-order valence-electron chi connectivity index (χ1n) is 9.78. The molecule has 6 heteroatoms. The smallest absolute Gasteiger partial charge is 0.356 e. The van der Waals surface area contributed by atoms with E-state index in [1.54, 1.807) is 19.2 Å². The van der Waals surface area contributed by atoms with Crippen molar-refractivity contribution in [2.45, 2.75) is 52.9 Å². The fraction of sp³-hybridized carbons (Fsp3) is 0.667. The van der Waals surface area contributed by atoms with Gasteiger partial charge in [0.2, 0.25) is 0 Å². The lowest BCUT2D eigenvalue weighted by atomic mass is 9.99. The topological polar surface area (TPSA) is 74.7 Å². The van der Waals surface area contributed by atoms with Crippen LogP contribution in [0.1, 0.15) is 73.9 Å². The minimum Gasteiger partial charge on any atom is -0.461 e. The highest BCUT2D eigenvalue weighted by Crippen LogP contribution is 2.15. The minimum atomic E-state index is -0.532. The standard InChI is InChI=1S/C21H33NO5/c1-5-6-7-9-17(12-13-25-4)15-27-21(24)19-11-8-10-18(22-19)20(23)26-14-16(2)3/h8,10-11,16-17H,5-7,9,12-15H2,1-4H3. The van der Waals surface area contributed by atoms with Gasteiger partial charge in [-0.15, -0.1) is 0 Å². The maximum Gasteiger partial charge on any atom is 0.356 e. The zero-order valence-electron chi connectivity index (χ0n) is 17.0. The molecule has 0 radical (unpaired) electrons. The van der Waals surface area contributed by atoms with Gasteiger partial charge < -0.3 is 14.2 Å². The molecule has 0 spiro atoms. The summed E-state index contributed by atoms with van der Waals surface area (Å²) in [7, 11) is 1.67. The highest BCUT2D eigenvalue weighted by Gasteiger charge is 2.17. The molecule has 27 heavy (non-hydrogen) atoms. The molecule has 1 aromatic rings. The van der Waals surface area contributed by atoms with Crippen molar-refractivity contribution in [1.82, 2.24) is 4.98 Å². The van der Waals surface area contributed by atoms with Crippen LogP contribution in [-0.2, 0) is 14.2 Å². The van der Waals surface area contributed by atoms with Crippen LogP contribution in [0.4, 0.5) is 0 Å². The quantitative estimate of drug-likeness (QED) is 0.376. The number of aromatic nitrogens is 1. The van der Waals surface area contributed by atoms with E-state index < -0.39 is 11.9 Å². The molecule has 0 aliphatic rings. The molecule has 152 valence electrons. The number of methoxy groups -OCH3 is 1. The van der Waals surface area contributed by atoms with Gasteiger partial charge in [-0.1, -0.05) is 46.1 Å². The maximum absolute atomic E-state index is 12.3. The zero-order chi connectivity index (χ0) is 20.1. The van der Waals surface area contributed by atoms with E-state index in [9.17, 15) is 9.59 Å². The summed E-state index contributed by atoms with van der Waals surface area (Å²) < 4.78 is 15.7. The summed E-state index contributed by atoms with van der Waals surface area (Å²) in [6, 6.07) is 4.69. The number of rotatable bonds is 13. The summed E-state index contributed by atoms with van der Waals surface area (Å²) in [5.74, 6) is -0.555. The molecule has 0 amide bonds. The Bertz CT molecular complexity index is 573. The minimum absolute atomic E-state index is 0.115. The number of hydrogen-bond donors (Lipinski definition) is 0. The van der Waals surface area contributed by atoms with Gasteiger partial charge in [0.05, 0.1) is 13.2 Å². The largest absolute Gasteiger partial charge is 0.461 e. The predicted molar refractivity (Wildman–Crippen MR) is 104 cm³/mol. The number of pyridine rings is 1. The van der Waals surface area contributed by atoms with E-state index in [2.05, 4.69) is 11.9 Å². The molecule has 0 aromatic carbocycles. The van der Waals surface area contributed by atoms with E-state index >= 15 is 0 Å².